The first-order chi connectivity index (χ1) is 31.5. The first-order valence-electron chi connectivity index (χ1n) is 29.0. The lowest BCUT2D eigenvalue weighted by molar-refractivity contribution is -0.143. The van der Waals surface area contributed by atoms with Crippen molar-refractivity contribution in [1.29, 1.82) is 0 Å². The molecule has 0 aromatic carbocycles. The predicted molar refractivity (Wildman–Crippen MR) is 278 cm³/mol. The zero-order valence-electron chi connectivity index (χ0n) is 43.3. The first-order valence-corrected chi connectivity index (χ1v) is 29.0. The quantitative estimate of drug-likeness (QED) is 0.0321. The summed E-state index contributed by atoms with van der Waals surface area (Å²) < 4.78 is 5.46. The largest absolute Gasteiger partial charge is 0.466 e. The van der Waals surface area contributed by atoms with Crippen molar-refractivity contribution in [2.24, 2.45) is 0 Å². The molecule has 380 valence electrons. The number of unbranched alkanes of at least 4 members (excludes halogenated alkanes) is 43. The van der Waals surface area contributed by atoms with Crippen LogP contribution in [0, 0.1) is 0 Å². The van der Waals surface area contributed by atoms with Crippen LogP contribution in [0.5, 0.6) is 0 Å². The van der Waals surface area contributed by atoms with Gasteiger partial charge in [-0.2, -0.15) is 0 Å². The molecule has 2 unspecified atom stereocenters. The molecule has 0 fully saturated rings. The molecule has 0 aliphatic carbocycles. The summed E-state index contributed by atoms with van der Waals surface area (Å²) in [6.07, 6.45) is 63.8. The summed E-state index contributed by atoms with van der Waals surface area (Å²) >= 11 is 0. The standard InChI is InChI=1S/C58H113NO5/c1-3-5-7-9-11-13-15-16-24-27-31-34-38-42-46-50-56(61)55(54-60)59-57(62)51-47-43-39-35-32-28-25-22-20-18-17-19-21-23-26-29-33-37-41-45-49-53-64-58(63)52-48-44-40-36-30-14-12-10-8-6-4-2/h46,50,55-56,60-61H,3-45,47-49,51-54H2,1-2H3,(H,59,62)/b50-46+. The number of aliphatic hydroxyl groups excluding tert-OH is 2. The van der Waals surface area contributed by atoms with Gasteiger partial charge in [-0.05, 0) is 32.1 Å². The zero-order valence-corrected chi connectivity index (χ0v) is 43.3. The van der Waals surface area contributed by atoms with E-state index in [1.807, 2.05) is 6.08 Å². The maximum atomic E-state index is 12.5. The Kier molecular flexibility index (Phi) is 53.0. The minimum absolute atomic E-state index is 0.0114. The lowest BCUT2D eigenvalue weighted by atomic mass is 10.0. The van der Waals surface area contributed by atoms with E-state index in [0.29, 0.717) is 19.4 Å². The van der Waals surface area contributed by atoms with Gasteiger partial charge in [-0.1, -0.05) is 289 Å². The van der Waals surface area contributed by atoms with Crippen molar-refractivity contribution in [3.8, 4) is 0 Å². The monoisotopic (exact) mass is 904 g/mol. The Morgan fingerprint density at radius 2 is 0.719 bits per heavy atom. The average molecular weight is 905 g/mol. The first kappa shape index (κ1) is 62.6. The Morgan fingerprint density at radius 1 is 0.422 bits per heavy atom. The maximum absolute atomic E-state index is 12.5. The molecule has 0 rings (SSSR count). The van der Waals surface area contributed by atoms with E-state index < -0.39 is 12.1 Å². The summed E-state index contributed by atoms with van der Waals surface area (Å²) in [6, 6.07) is -0.627. The second kappa shape index (κ2) is 54.2. The van der Waals surface area contributed by atoms with E-state index in [9.17, 15) is 19.8 Å². The minimum Gasteiger partial charge on any atom is -0.466 e. The number of hydrogen-bond acceptors (Lipinski definition) is 5. The molecule has 0 aliphatic heterocycles. The van der Waals surface area contributed by atoms with E-state index in [4.69, 9.17) is 4.74 Å². The highest BCUT2D eigenvalue weighted by molar-refractivity contribution is 5.76. The molecule has 6 nitrogen and oxygen atoms in total. The molecular formula is C58H113NO5. The van der Waals surface area contributed by atoms with E-state index in [1.54, 1.807) is 6.08 Å². The van der Waals surface area contributed by atoms with Crippen molar-refractivity contribution in [2.75, 3.05) is 13.2 Å². The summed E-state index contributed by atoms with van der Waals surface area (Å²) in [5.41, 5.74) is 0. The van der Waals surface area contributed by atoms with E-state index in [-0.39, 0.29) is 18.5 Å². The van der Waals surface area contributed by atoms with Gasteiger partial charge in [0.2, 0.25) is 5.91 Å². The second-order valence-corrected chi connectivity index (χ2v) is 20.0. The maximum Gasteiger partial charge on any atom is 0.305 e. The summed E-state index contributed by atoms with van der Waals surface area (Å²) in [5, 5.41) is 23.1. The third-order valence-electron chi connectivity index (χ3n) is 13.6. The summed E-state index contributed by atoms with van der Waals surface area (Å²) in [6.45, 7) is 4.91. The SMILES string of the molecule is CCCCCCCCCCCCCCC/C=C/C(O)C(CO)NC(=O)CCCCCCCCCCCCCCCCCCCCCCCOC(=O)CCCCCCCCCCCCC. The molecule has 0 aromatic rings. The molecule has 0 aromatic heterocycles. The Bertz CT molecular complexity index is 955. The lowest BCUT2D eigenvalue weighted by Gasteiger charge is -2.20. The molecule has 64 heavy (non-hydrogen) atoms. The zero-order chi connectivity index (χ0) is 46.5. The number of allylic oxidation sites excluding steroid dienone is 1. The Morgan fingerprint density at radius 3 is 1.06 bits per heavy atom. The Hall–Kier alpha value is -1.40. The number of aliphatic hydroxyl groups is 2. The van der Waals surface area contributed by atoms with Crippen LogP contribution in [0.25, 0.3) is 0 Å². The van der Waals surface area contributed by atoms with Crippen molar-refractivity contribution < 1.29 is 24.5 Å². The predicted octanol–water partition coefficient (Wildman–Crippen LogP) is 17.7. The van der Waals surface area contributed by atoms with Crippen molar-refractivity contribution >= 4 is 11.9 Å². The molecule has 0 spiro atoms. The normalized spacial score (nSPS) is 12.6. The molecule has 2 atom stereocenters. The molecule has 3 N–H and O–H groups in total. The minimum atomic E-state index is -0.844. The highest BCUT2D eigenvalue weighted by atomic mass is 16.5. The second-order valence-electron chi connectivity index (χ2n) is 20.0. The van der Waals surface area contributed by atoms with Gasteiger partial charge in [-0.15, -0.1) is 0 Å². The number of hydrogen-bond donors (Lipinski definition) is 3. The highest BCUT2D eigenvalue weighted by Crippen LogP contribution is 2.17. The molecular weight excluding hydrogens is 791 g/mol. The number of amides is 1. The molecule has 1 amide bonds. The molecule has 0 radical (unpaired) electrons. The fraction of sp³-hybridized carbons (Fsp3) is 0.931. The van der Waals surface area contributed by atoms with E-state index in [2.05, 4.69) is 19.2 Å². The van der Waals surface area contributed by atoms with E-state index in [1.165, 1.54) is 257 Å². The number of rotatable bonds is 54. The summed E-state index contributed by atoms with van der Waals surface area (Å²) in [7, 11) is 0. The third-order valence-corrected chi connectivity index (χ3v) is 13.6. The molecule has 0 saturated heterocycles. The van der Waals surface area contributed by atoms with Gasteiger partial charge in [0.05, 0.1) is 25.4 Å². The topological polar surface area (TPSA) is 95.9 Å². The molecule has 0 heterocycles. The highest BCUT2D eigenvalue weighted by Gasteiger charge is 2.18. The van der Waals surface area contributed by atoms with Crippen molar-refractivity contribution in [3.05, 3.63) is 12.2 Å². The van der Waals surface area contributed by atoms with Gasteiger partial charge in [0, 0.05) is 12.8 Å². The van der Waals surface area contributed by atoms with E-state index in [0.717, 1.165) is 38.5 Å². The van der Waals surface area contributed by atoms with Gasteiger partial charge in [0.25, 0.3) is 0 Å². The molecule has 0 saturated carbocycles. The van der Waals surface area contributed by atoms with Crippen LogP contribution in [0.1, 0.15) is 322 Å². The van der Waals surface area contributed by atoms with Gasteiger partial charge in [-0.3, -0.25) is 9.59 Å². The molecule has 6 heteroatoms. The van der Waals surface area contributed by atoms with Crippen LogP contribution in [0.2, 0.25) is 0 Å². The fourth-order valence-electron chi connectivity index (χ4n) is 9.11. The van der Waals surface area contributed by atoms with Crippen LogP contribution in [-0.2, 0) is 14.3 Å². The lowest BCUT2D eigenvalue weighted by Crippen LogP contribution is -2.45. The number of esters is 1. The van der Waals surface area contributed by atoms with Crippen LogP contribution in [0.15, 0.2) is 12.2 Å². The Labute approximate surface area is 399 Å². The molecule has 0 bridgehead atoms. The third kappa shape index (κ3) is 50.0. The van der Waals surface area contributed by atoms with Gasteiger partial charge in [0.15, 0.2) is 0 Å². The van der Waals surface area contributed by atoms with Gasteiger partial charge < -0.3 is 20.3 Å². The van der Waals surface area contributed by atoms with Crippen LogP contribution in [-0.4, -0.2) is 47.4 Å². The fourth-order valence-corrected chi connectivity index (χ4v) is 9.11. The van der Waals surface area contributed by atoms with Crippen LogP contribution in [0.3, 0.4) is 0 Å². The van der Waals surface area contributed by atoms with Crippen LogP contribution in [0.4, 0.5) is 0 Å². The summed E-state index contributed by atoms with van der Waals surface area (Å²) in [4.78, 5) is 24.4. The van der Waals surface area contributed by atoms with Crippen molar-refractivity contribution in [2.45, 2.75) is 334 Å². The molecule has 0 aliphatic rings. The van der Waals surface area contributed by atoms with Crippen LogP contribution >= 0.6 is 0 Å². The van der Waals surface area contributed by atoms with E-state index >= 15 is 0 Å². The number of carbonyl (C=O) groups is 2. The van der Waals surface area contributed by atoms with Crippen molar-refractivity contribution in [1.82, 2.24) is 5.32 Å². The van der Waals surface area contributed by atoms with Gasteiger partial charge >= 0.3 is 5.97 Å². The number of carbonyl (C=O) groups excluding carboxylic acids is 2. The summed E-state index contributed by atoms with van der Waals surface area (Å²) in [5.74, 6) is -0.0557. The average Bonchev–Trinajstić information content (AvgIpc) is 3.29. The van der Waals surface area contributed by atoms with Gasteiger partial charge in [0.1, 0.15) is 0 Å². The smallest absolute Gasteiger partial charge is 0.305 e. The van der Waals surface area contributed by atoms with Crippen LogP contribution < -0.4 is 5.32 Å². The van der Waals surface area contributed by atoms with Crippen molar-refractivity contribution in [3.63, 3.8) is 0 Å². The van der Waals surface area contributed by atoms with Gasteiger partial charge in [-0.25, -0.2) is 0 Å². The Balaban J connectivity index is 3.41. The number of ether oxygens (including phenoxy) is 1. The number of nitrogens with one attached hydrogen (secondary N) is 1.